The molecule has 30 heavy (non-hydrogen) atoms. The number of benzene rings is 2. The van der Waals surface area contributed by atoms with Crippen molar-refractivity contribution in [2.45, 2.75) is 0 Å². The van der Waals surface area contributed by atoms with Gasteiger partial charge in [-0.05, 0) is 48.5 Å². The largest absolute Gasteiger partial charge is 0.353 e. The Bertz CT molecular complexity index is 1020. The summed E-state index contributed by atoms with van der Waals surface area (Å²) in [5.74, 6) is 0.129. The van der Waals surface area contributed by atoms with Crippen molar-refractivity contribution in [3.63, 3.8) is 0 Å². The second-order valence-electron chi connectivity index (χ2n) is 7.01. The number of amides is 2. The lowest BCUT2D eigenvalue weighted by Gasteiger charge is -2.35. The Balaban J connectivity index is 1.33. The van der Waals surface area contributed by atoms with E-state index in [1.165, 1.54) is 24.3 Å². The number of nitrogens with zero attached hydrogens (tertiary/aromatic N) is 3. The van der Waals surface area contributed by atoms with Crippen LogP contribution in [0.4, 0.5) is 15.9 Å². The first-order chi connectivity index (χ1) is 14.6. The number of nitrogens with one attached hydrogen (secondary N) is 1. The third-order valence-electron chi connectivity index (χ3n) is 5.02. The van der Waals surface area contributed by atoms with Crippen LogP contribution >= 0.6 is 0 Å². The van der Waals surface area contributed by atoms with Gasteiger partial charge in [-0.3, -0.25) is 9.59 Å². The van der Waals surface area contributed by atoms with Gasteiger partial charge >= 0.3 is 0 Å². The van der Waals surface area contributed by atoms with E-state index in [1.807, 2.05) is 41.3 Å². The van der Waals surface area contributed by atoms with Crippen molar-refractivity contribution in [2.75, 3.05) is 36.4 Å². The quantitative estimate of drug-likeness (QED) is 0.724. The van der Waals surface area contributed by atoms with Crippen LogP contribution in [-0.2, 0) is 0 Å². The molecule has 3 aromatic rings. The highest BCUT2D eigenvalue weighted by atomic mass is 19.1. The minimum absolute atomic E-state index is 0.0436. The van der Waals surface area contributed by atoms with Crippen molar-refractivity contribution in [3.05, 3.63) is 89.9 Å². The first kappa shape index (κ1) is 19.6. The number of rotatable bonds is 4. The number of hydrogen-bond acceptors (Lipinski definition) is 4. The van der Waals surface area contributed by atoms with Crippen LogP contribution in [0.1, 0.15) is 20.7 Å². The molecule has 0 atom stereocenters. The Morgan fingerprint density at radius 1 is 0.833 bits per heavy atom. The van der Waals surface area contributed by atoms with Crippen LogP contribution in [0.5, 0.6) is 0 Å². The summed E-state index contributed by atoms with van der Waals surface area (Å²) >= 11 is 0. The van der Waals surface area contributed by atoms with Crippen molar-refractivity contribution < 1.29 is 14.0 Å². The summed E-state index contributed by atoms with van der Waals surface area (Å²) in [6.45, 7) is 2.62. The van der Waals surface area contributed by atoms with Crippen LogP contribution in [0.2, 0.25) is 0 Å². The predicted octanol–water partition coefficient (Wildman–Crippen LogP) is 3.44. The molecule has 152 valence electrons. The van der Waals surface area contributed by atoms with Crippen LogP contribution in [0.25, 0.3) is 0 Å². The fraction of sp³-hybridized carbons (Fsp3) is 0.174. The number of pyridine rings is 1. The van der Waals surface area contributed by atoms with Gasteiger partial charge < -0.3 is 15.1 Å². The van der Waals surface area contributed by atoms with Gasteiger partial charge in [0.15, 0.2) is 0 Å². The lowest BCUT2D eigenvalue weighted by molar-refractivity contribution is 0.0746. The van der Waals surface area contributed by atoms with E-state index in [9.17, 15) is 14.0 Å². The van der Waals surface area contributed by atoms with E-state index in [-0.39, 0.29) is 17.6 Å². The molecule has 1 aliphatic heterocycles. The molecule has 7 heteroatoms. The molecule has 0 bridgehead atoms. The fourth-order valence-corrected chi connectivity index (χ4v) is 3.35. The molecule has 2 heterocycles. The van der Waals surface area contributed by atoms with Crippen molar-refractivity contribution in [3.8, 4) is 0 Å². The summed E-state index contributed by atoms with van der Waals surface area (Å²) in [7, 11) is 0. The first-order valence-electron chi connectivity index (χ1n) is 9.72. The number of carbonyl (C=O) groups excluding carboxylic acids is 2. The van der Waals surface area contributed by atoms with Gasteiger partial charge in [0.2, 0.25) is 0 Å². The fourth-order valence-electron chi connectivity index (χ4n) is 3.35. The van der Waals surface area contributed by atoms with Gasteiger partial charge in [0.05, 0.1) is 11.9 Å². The summed E-state index contributed by atoms with van der Waals surface area (Å²) in [5, 5.41) is 2.75. The average Bonchev–Trinajstić information content (AvgIpc) is 2.80. The molecule has 6 nitrogen and oxygen atoms in total. The molecule has 0 aliphatic carbocycles. The number of aromatic nitrogens is 1. The van der Waals surface area contributed by atoms with Gasteiger partial charge in [0.1, 0.15) is 11.6 Å². The third-order valence-corrected chi connectivity index (χ3v) is 5.02. The van der Waals surface area contributed by atoms with Crippen LogP contribution in [0.3, 0.4) is 0 Å². The Morgan fingerprint density at radius 2 is 1.53 bits per heavy atom. The van der Waals surface area contributed by atoms with Gasteiger partial charge in [-0.1, -0.05) is 18.2 Å². The van der Waals surface area contributed by atoms with E-state index >= 15 is 0 Å². The lowest BCUT2D eigenvalue weighted by Crippen LogP contribution is -2.49. The monoisotopic (exact) mass is 404 g/mol. The lowest BCUT2D eigenvalue weighted by atomic mass is 10.2. The van der Waals surface area contributed by atoms with Crippen LogP contribution < -0.4 is 10.2 Å². The number of piperazine rings is 1. The van der Waals surface area contributed by atoms with Gasteiger partial charge in [-0.15, -0.1) is 0 Å². The smallest absolute Gasteiger partial charge is 0.255 e. The van der Waals surface area contributed by atoms with Crippen molar-refractivity contribution in [1.29, 1.82) is 0 Å². The highest BCUT2D eigenvalue weighted by Crippen LogP contribution is 2.18. The highest BCUT2D eigenvalue weighted by molar-refractivity contribution is 6.04. The molecule has 0 saturated carbocycles. The van der Waals surface area contributed by atoms with Crippen LogP contribution in [0, 0.1) is 5.82 Å². The van der Waals surface area contributed by atoms with E-state index in [1.54, 1.807) is 12.3 Å². The van der Waals surface area contributed by atoms with E-state index in [2.05, 4.69) is 15.2 Å². The van der Waals surface area contributed by atoms with Gasteiger partial charge in [0, 0.05) is 37.3 Å². The normalized spacial score (nSPS) is 13.8. The molecule has 1 N–H and O–H groups in total. The predicted molar refractivity (Wildman–Crippen MR) is 113 cm³/mol. The molecule has 1 saturated heterocycles. The molecule has 0 unspecified atom stereocenters. The van der Waals surface area contributed by atoms with Gasteiger partial charge in [0.25, 0.3) is 11.8 Å². The van der Waals surface area contributed by atoms with Gasteiger partial charge in [-0.25, -0.2) is 9.37 Å². The maximum absolute atomic E-state index is 13.0. The Morgan fingerprint density at radius 3 is 2.17 bits per heavy atom. The van der Waals surface area contributed by atoms with Crippen molar-refractivity contribution in [1.82, 2.24) is 9.88 Å². The minimum Gasteiger partial charge on any atom is -0.353 e. The zero-order valence-corrected chi connectivity index (χ0v) is 16.3. The summed E-state index contributed by atoms with van der Waals surface area (Å²) < 4.78 is 13.0. The number of carbonyl (C=O) groups is 2. The molecular formula is C23H21FN4O2. The molecule has 2 amide bonds. The van der Waals surface area contributed by atoms with Gasteiger partial charge in [-0.2, -0.15) is 0 Å². The summed E-state index contributed by atoms with van der Waals surface area (Å²) in [4.78, 5) is 33.2. The Hall–Kier alpha value is -3.74. The Labute approximate surface area is 174 Å². The zero-order valence-electron chi connectivity index (χ0n) is 16.3. The van der Waals surface area contributed by atoms with E-state index < -0.39 is 0 Å². The van der Waals surface area contributed by atoms with E-state index in [0.717, 1.165) is 5.82 Å². The standard InChI is InChI=1S/C23H21FN4O2/c24-19-8-6-17(7-9-19)22(29)26-20-10-11-21(25-16-20)27-12-14-28(15-13-27)23(30)18-4-2-1-3-5-18/h1-11,16H,12-15H2,(H,26,29). The zero-order chi connectivity index (χ0) is 20.9. The molecular weight excluding hydrogens is 383 g/mol. The summed E-state index contributed by atoms with van der Waals surface area (Å²) in [6.07, 6.45) is 1.60. The topological polar surface area (TPSA) is 65.5 Å². The number of halogens is 1. The maximum atomic E-state index is 13.0. The molecule has 1 aliphatic rings. The molecule has 1 aromatic heterocycles. The molecule has 0 spiro atoms. The number of anilines is 2. The van der Waals surface area contributed by atoms with Crippen LogP contribution in [-0.4, -0.2) is 47.9 Å². The van der Waals surface area contributed by atoms with Crippen LogP contribution in [0.15, 0.2) is 72.9 Å². The van der Waals surface area contributed by atoms with E-state index in [4.69, 9.17) is 0 Å². The summed E-state index contributed by atoms with van der Waals surface area (Å²) in [6, 6.07) is 18.3. The SMILES string of the molecule is O=C(Nc1ccc(N2CCN(C(=O)c3ccccc3)CC2)nc1)c1ccc(F)cc1. The summed E-state index contributed by atoms with van der Waals surface area (Å²) in [5.41, 5.74) is 1.64. The first-order valence-corrected chi connectivity index (χ1v) is 9.72. The van der Waals surface area contributed by atoms with E-state index in [0.29, 0.717) is 43.0 Å². The minimum atomic E-state index is -0.386. The second kappa shape index (κ2) is 8.73. The molecule has 2 aromatic carbocycles. The maximum Gasteiger partial charge on any atom is 0.255 e. The Kier molecular flexibility index (Phi) is 5.70. The average molecular weight is 404 g/mol. The second-order valence-corrected chi connectivity index (χ2v) is 7.01. The van der Waals surface area contributed by atoms with Crippen molar-refractivity contribution >= 4 is 23.3 Å². The number of hydrogen-bond donors (Lipinski definition) is 1. The van der Waals surface area contributed by atoms with Crippen molar-refractivity contribution in [2.24, 2.45) is 0 Å². The highest BCUT2D eigenvalue weighted by Gasteiger charge is 2.22. The molecule has 4 rings (SSSR count). The molecule has 0 radical (unpaired) electrons. The third kappa shape index (κ3) is 4.46. The molecule has 1 fully saturated rings.